The topological polar surface area (TPSA) is 58.6 Å². The Morgan fingerprint density at radius 2 is 1.92 bits per heavy atom. The molecule has 0 aliphatic rings. The lowest BCUT2D eigenvalue weighted by Crippen LogP contribution is -2.03. The van der Waals surface area contributed by atoms with Crippen LogP contribution in [0.15, 0.2) is 33.2 Å². The number of carboxylic acid groups (broad SMARTS) is 1. The van der Waals surface area contributed by atoms with E-state index in [9.17, 15) is 9.18 Å². The standard InChI is InChI=1S/C17H15Br2ClFNO3/c1-22-14-7-11(20)6-10(16(14)21)8-25-17-12(18)4-9(5-13(17)19)2-3-15(23)24/h4-7,22H,2-3,8H2,1H3,(H,23,24). The lowest BCUT2D eigenvalue weighted by atomic mass is 10.1. The van der Waals surface area contributed by atoms with Gasteiger partial charge < -0.3 is 15.2 Å². The predicted octanol–water partition coefficient (Wildman–Crippen LogP) is 5.64. The van der Waals surface area contributed by atoms with Crippen molar-refractivity contribution in [2.45, 2.75) is 19.4 Å². The minimum atomic E-state index is -0.857. The summed E-state index contributed by atoms with van der Waals surface area (Å²) in [4.78, 5) is 10.7. The van der Waals surface area contributed by atoms with Gasteiger partial charge in [-0.05, 0) is 68.1 Å². The molecule has 0 fully saturated rings. The summed E-state index contributed by atoms with van der Waals surface area (Å²) >= 11 is 12.8. The summed E-state index contributed by atoms with van der Waals surface area (Å²) in [7, 11) is 1.61. The van der Waals surface area contributed by atoms with E-state index in [0.717, 1.165) is 5.56 Å². The fourth-order valence-electron chi connectivity index (χ4n) is 2.23. The zero-order chi connectivity index (χ0) is 18.6. The van der Waals surface area contributed by atoms with Crippen molar-refractivity contribution in [2.24, 2.45) is 0 Å². The summed E-state index contributed by atoms with van der Waals surface area (Å²) in [6.07, 6.45) is 0.445. The van der Waals surface area contributed by atoms with Crippen LogP contribution < -0.4 is 10.1 Å². The number of halogens is 4. The molecule has 25 heavy (non-hydrogen) atoms. The maximum atomic E-state index is 14.3. The minimum absolute atomic E-state index is 0.00720. The Balaban J connectivity index is 2.19. The van der Waals surface area contributed by atoms with Crippen molar-refractivity contribution in [3.05, 3.63) is 55.2 Å². The molecule has 2 aromatic rings. The summed E-state index contributed by atoms with van der Waals surface area (Å²) in [6, 6.07) is 6.59. The molecule has 0 aromatic heterocycles. The van der Waals surface area contributed by atoms with Gasteiger partial charge in [0.05, 0.1) is 14.6 Å². The largest absolute Gasteiger partial charge is 0.486 e. The molecule has 0 unspecified atom stereocenters. The second-order valence-electron chi connectivity index (χ2n) is 5.25. The zero-order valence-electron chi connectivity index (χ0n) is 13.2. The van der Waals surface area contributed by atoms with Gasteiger partial charge in [0.2, 0.25) is 0 Å². The SMILES string of the molecule is CNc1cc(Cl)cc(COc2c(Br)cc(CCC(=O)O)cc2Br)c1F. The zero-order valence-corrected chi connectivity index (χ0v) is 17.1. The molecule has 2 aromatic carbocycles. The van der Waals surface area contributed by atoms with Crippen LogP contribution in [0.4, 0.5) is 10.1 Å². The first-order chi connectivity index (χ1) is 11.8. The van der Waals surface area contributed by atoms with Crippen molar-refractivity contribution >= 4 is 55.1 Å². The highest BCUT2D eigenvalue weighted by molar-refractivity contribution is 9.11. The molecule has 0 aliphatic carbocycles. The number of carbonyl (C=O) groups is 1. The van der Waals surface area contributed by atoms with Crippen LogP contribution in [0.1, 0.15) is 17.5 Å². The van der Waals surface area contributed by atoms with Crippen LogP contribution in [-0.4, -0.2) is 18.1 Å². The average Bonchev–Trinajstić information content (AvgIpc) is 2.54. The van der Waals surface area contributed by atoms with E-state index >= 15 is 0 Å². The number of nitrogens with one attached hydrogen (secondary N) is 1. The molecule has 0 bridgehead atoms. The number of hydrogen-bond donors (Lipinski definition) is 2. The molecule has 134 valence electrons. The predicted molar refractivity (Wildman–Crippen MR) is 103 cm³/mol. The van der Waals surface area contributed by atoms with Crippen molar-refractivity contribution in [1.29, 1.82) is 0 Å². The molecule has 0 aliphatic heterocycles. The summed E-state index contributed by atoms with van der Waals surface area (Å²) in [5.74, 6) is -0.772. The Bertz CT molecular complexity index is 779. The summed E-state index contributed by atoms with van der Waals surface area (Å²) in [5, 5.41) is 11.9. The highest BCUT2D eigenvalue weighted by Crippen LogP contribution is 2.36. The summed E-state index contributed by atoms with van der Waals surface area (Å²) in [5.41, 5.74) is 1.47. The van der Waals surface area contributed by atoms with Crippen LogP contribution in [0.3, 0.4) is 0 Å². The molecule has 4 nitrogen and oxygen atoms in total. The Morgan fingerprint density at radius 1 is 1.28 bits per heavy atom. The van der Waals surface area contributed by atoms with Gasteiger partial charge in [-0.1, -0.05) is 11.6 Å². The molecule has 0 saturated heterocycles. The van der Waals surface area contributed by atoms with Crippen LogP contribution in [0.25, 0.3) is 0 Å². The van der Waals surface area contributed by atoms with Gasteiger partial charge in [0.15, 0.2) is 5.82 Å². The van der Waals surface area contributed by atoms with Gasteiger partial charge >= 0.3 is 5.97 Å². The van der Waals surface area contributed by atoms with Gasteiger partial charge in [-0.15, -0.1) is 0 Å². The molecule has 0 radical (unpaired) electrons. The Hall–Kier alpha value is -1.31. The minimum Gasteiger partial charge on any atom is -0.486 e. The number of ether oxygens (including phenoxy) is 1. The van der Waals surface area contributed by atoms with Gasteiger partial charge in [0.1, 0.15) is 12.4 Å². The normalized spacial score (nSPS) is 10.6. The molecular formula is C17H15Br2ClFNO3. The molecule has 0 heterocycles. The number of carboxylic acids is 1. The van der Waals surface area contributed by atoms with Gasteiger partial charge in [-0.3, -0.25) is 4.79 Å². The molecule has 2 N–H and O–H groups in total. The third-order valence-electron chi connectivity index (χ3n) is 3.44. The maximum absolute atomic E-state index is 14.3. The highest BCUT2D eigenvalue weighted by atomic mass is 79.9. The van der Waals surface area contributed by atoms with Gasteiger partial charge in [0, 0.05) is 24.1 Å². The Morgan fingerprint density at radius 3 is 2.48 bits per heavy atom. The van der Waals surface area contributed by atoms with E-state index in [2.05, 4.69) is 37.2 Å². The molecule has 2 rings (SSSR count). The van der Waals surface area contributed by atoms with E-state index in [1.165, 1.54) is 12.1 Å². The van der Waals surface area contributed by atoms with Crippen molar-refractivity contribution < 1.29 is 19.0 Å². The van der Waals surface area contributed by atoms with Gasteiger partial charge in [-0.2, -0.15) is 0 Å². The van der Waals surface area contributed by atoms with E-state index < -0.39 is 11.8 Å². The second kappa shape index (κ2) is 8.87. The Labute approximate surface area is 166 Å². The lowest BCUT2D eigenvalue weighted by molar-refractivity contribution is -0.136. The molecule has 0 atom stereocenters. The maximum Gasteiger partial charge on any atom is 0.303 e. The fourth-order valence-corrected chi connectivity index (χ4v) is 3.98. The van der Waals surface area contributed by atoms with E-state index in [1.807, 2.05) is 0 Å². The van der Waals surface area contributed by atoms with Crippen LogP contribution in [-0.2, 0) is 17.8 Å². The van der Waals surface area contributed by atoms with Crippen LogP contribution in [0, 0.1) is 5.82 Å². The first-order valence-corrected chi connectivity index (χ1v) is 9.26. The number of rotatable bonds is 7. The molecule has 8 heteroatoms. The third-order valence-corrected chi connectivity index (χ3v) is 4.84. The highest BCUT2D eigenvalue weighted by Gasteiger charge is 2.14. The van der Waals surface area contributed by atoms with Crippen molar-refractivity contribution in [3.63, 3.8) is 0 Å². The number of aliphatic carboxylic acids is 1. The second-order valence-corrected chi connectivity index (χ2v) is 7.39. The van der Waals surface area contributed by atoms with Crippen LogP contribution >= 0.6 is 43.5 Å². The fraction of sp³-hybridized carbons (Fsp3) is 0.235. The van der Waals surface area contributed by atoms with Crippen molar-refractivity contribution in [1.82, 2.24) is 0 Å². The smallest absolute Gasteiger partial charge is 0.303 e. The lowest BCUT2D eigenvalue weighted by Gasteiger charge is -2.14. The first-order valence-electron chi connectivity index (χ1n) is 7.30. The van der Waals surface area contributed by atoms with Crippen LogP contribution in [0.2, 0.25) is 5.02 Å². The number of benzene rings is 2. The molecule has 0 spiro atoms. The van der Waals surface area contributed by atoms with Gasteiger partial charge in [0.25, 0.3) is 0 Å². The summed E-state index contributed by atoms with van der Waals surface area (Å²) < 4.78 is 21.4. The van der Waals surface area contributed by atoms with E-state index in [1.54, 1.807) is 19.2 Å². The van der Waals surface area contributed by atoms with Crippen LogP contribution in [0.5, 0.6) is 5.75 Å². The number of anilines is 1. The van der Waals surface area contributed by atoms with Crippen molar-refractivity contribution in [3.8, 4) is 5.75 Å². The Kier molecular flexibility index (Phi) is 7.10. The number of aryl methyl sites for hydroxylation is 1. The van der Waals surface area contributed by atoms with E-state index in [4.69, 9.17) is 21.4 Å². The van der Waals surface area contributed by atoms with E-state index in [-0.39, 0.29) is 13.0 Å². The monoisotopic (exact) mass is 493 g/mol. The average molecular weight is 496 g/mol. The quantitative estimate of drug-likeness (QED) is 0.522. The molecule has 0 saturated carbocycles. The van der Waals surface area contributed by atoms with Gasteiger partial charge in [-0.25, -0.2) is 4.39 Å². The first kappa shape index (κ1) is 20.0. The third kappa shape index (κ3) is 5.33. The molecular weight excluding hydrogens is 480 g/mol. The molecule has 0 amide bonds. The summed E-state index contributed by atoms with van der Waals surface area (Å²) in [6.45, 7) is -0.00720. The van der Waals surface area contributed by atoms with Crippen molar-refractivity contribution in [2.75, 3.05) is 12.4 Å². The van der Waals surface area contributed by atoms with E-state index in [0.29, 0.717) is 37.4 Å². The number of hydrogen-bond acceptors (Lipinski definition) is 3.